The topological polar surface area (TPSA) is 99.5 Å². The second kappa shape index (κ2) is 11.4. The molecule has 2 aromatic heterocycles. The molecule has 1 aliphatic heterocycles. The first-order valence-corrected chi connectivity index (χ1v) is 13.8. The molecule has 1 N–H and O–H groups in total. The Morgan fingerprint density at radius 2 is 1.74 bits per heavy atom. The number of hydrogen-bond acceptors (Lipinski definition) is 7. The number of benzene rings is 2. The van der Waals surface area contributed by atoms with Crippen molar-refractivity contribution in [3.05, 3.63) is 70.5 Å². The van der Waals surface area contributed by atoms with Gasteiger partial charge in [0.15, 0.2) is 0 Å². The molecule has 0 atom stereocenters. The molecule has 2 aromatic carbocycles. The van der Waals surface area contributed by atoms with Crippen molar-refractivity contribution in [2.24, 2.45) is 0 Å². The van der Waals surface area contributed by atoms with E-state index < -0.39 is 5.97 Å². The summed E-state index contributed by atoms with van der Waals surface area (Å²) >= 11 is 7.58. The van der Waals surface area contributed by atoms with Crippen LogP contribution in [0.3, 0.4) is 0 Å². The Hall–Kier alpha value is -3.56. The number of carbonyl (C=O) groups excluding carboxylic acids is 1. The highest BCUT2D eigenvalue weighted by Gasteiger charge is 2.24. The third kappa shape index (κ3) is 5.95. The highest BCUT2D eigenvalue weighted by atomic mass is 35.5. The minimum absolute atomic E-state index is 0.0152. The maximum Gasteiger partial charge on any atom is 0.303 e. The molecule has 0 aliphatic carbocycles. The van der Waals surface area contributed by atoms with Crippen molar-refractivity contribution in [3.8, 4) is 11.3 Å². The summed E-state index contributed by atoms with van der Waals surface area (Å²) in [5.74, 6) is -0.822. The van der Waals surface area contributed by atoms with E-state index in [1.165, 1.54) is 11.5 Å². The van der Waals surface area contributed by atoms with Crippen LogP contribution in [0.1, 0.15) is 41.0 Å². The number of aromatic nitrogens is 3. The Labute approximate surface area is 230 Å². The normalized spacial score (nSPS) is 13.7. The van der Waals surface area contributed by atoms with Gasteiger partial charge in [0.2, 0.25) is 0 Å². The molecule has 1 saturated heterocycles. The Morgan fingerprint density at radius 3 is 2.42 bits per heavy atom. The summed E-state index contributed by atoms with van der Waals surface area (Å²) in [4.78, 5) is 38.2. The molecular formula is C28H28ClN5O3S. The maximum atomic E-state index is 13.4. The van der Waals surface area contributed by atoms with Gasteiger partial charge in [-0.15, -0.1) is 0 Å². The van der Waals surface area contributed by atoms with E-state index in [-0.39, 0.29) is 12.3 Å². The fourth-order valence-corrected chi connectivity index (χ4v) is 5.55. The minimum Gasteiger partial charge on any atom is -0.481 e. The first-order chi connectivity index (χ1) is 18.4. The van der Waals surface area contributed by atoms with Gasteiger partial charge >= 0.3 is 5.97 Å². The summed E-state index contributed by atoms with van der Waals surface area (Å²) in [6.45, 7) is 4.81. The van der Waals surface area contributed by atoms with Crippen LogP contribution in [0.4, 0.5) is 5.00 Å². The van der Waals surface area contributed by atoms with Crippen LogP contribution in [0, 0.1) is 6.92 Å². The zero-order chi connectivity index (χ0) is 26.6. The van der Waals surface area contributed by atoms with Gasteiger partial charge < -0.3 is 14.9 Å². The Morgan fingerprint density at radius 1 is 0.974 bits per heavy atom. The molecule has 0 saturated carbocycles. The first kappa shape index (κ1) is 26.1. The number of halogens is 1. The van der Waals surface area contributed by atoms with Crippen LogP contribution in [0.2, 0.25) is 5.02 Å². The van der Waals surface area contributed by atoms with Crippen molar-refractivity contribution in [2.75, 3.05) is 31.1 Å². The largest absolute Gasteiger partial charge is 0.481 e. The van der Waals surface area contributed by atoms with E-state index in [9.17, 15) is 9.59 Å². The number of rotatable bonds is 8. The zero-order valence-electron chi connectivity index (χ0n) is 21.1. The third-order valence-electron chi connectivity index (χ3n) is 6.65. The summed E-state index contributed by atoms with van der Waals surface area (Å²) in [6, 6.07) is 15.0. The maximum absolute atomic E-state index is 13.4. The predicted molar refractivity (Wildman–Crippen MR) is 150 cm³/mol. The summed E-state index contributed by atoms with van der Waals surface area (Å²) in [5, 5.41) is 10.8. The van der Waals surface area contributed by atoms with Crippen molar-refractivity contribution >= 4 is 51.0 Å². The number of carbonyl (C=O) groups is 2. The number of anilines is 1. The fourth-order valence-electron chi connectivity index (χ4n) is 4.62. The number of amides is 1. The lowest BCUT2D eigenvalue weighted by Gasteiger charge is -2.35. The summed E-state index contributed by atoms with van der Waals surface area (Å²) in [6.07, 6.45) is 1.94. The number of aliphatic carboxylic acids is 1. The molecule has 10 heteroatoms. The van der Waals surface area contributed by atoms with Crippen LogP contribution in [-0.4, -0.2) is 62.4 Å². The monoisotopic (exact) mass is 549 g/mol. The number of nitrogens with zero attached hydrogens (tertiary/aromatic N) is 5. The highest BCUT2D eigenvalue weighted by Crippen LogP contribution is 2.27. The van der Waals surface area contributed by atoms with Gasteiger partial charge in [-0.1, -0.05) is 23.7 Å². The second-order valence-corrected chi connectivity index (χ2v) is 10.6. The molecule has 1 amide bonds. The van der Waals surface area contributed by atoms with Gasteiger partial charge in [-0.3, -0.25) is 9.59 Å². The number of aryl methyl sites for hydroxylation is 2. The van der Waals surface area contributed by atoms with Crippen molar-refractivity contribution in [3.63, 3.8) is 0 Å². The number of fused-ring (bicyclic) bond motifs is 1. The van der Waals surface area contributed by atoms with Crippen LogP contribution in [0.5, 0.6) is 0 Å². The predicted octanol–water partition coefficient (Wildman–Crippen LogP) is 5.47. The van der Waals surface area contributed by atoms with Crippen LogP contribution >= 0.6 is 23.1 Å². The van der Waals surface area contributed by atoms with Gasteiger partial charge in [0.05, 0.1) is 28.1 Å². The molecule has 196 valence electrons. The number of piperazine rings is 1. The average Bonchev–Trinajstić information content (AvgIpc) is 3.36. The zero-order valence-corrected chi connectivity index (χ0v) is 22.6. The van der Waals surface area contributed by atoms with E-state index in [1.54, 1.807) is 0 Å². The molecule has 8 nitrogen and oxygen atoms in total. The van der Waals surface area contributed by atoms with Crippen LogP contribution in [0.25, 0.3) is 22.3 Å². The Balaban J connectivity index is 1.37. The number of carboxylic acids is 1. The third-order valence-corrected chi connectivity index (χ3v) is 7.84. The van der Waals surface area contributed by atoms with Crippen LogP contribution in [-0.2, 0) is 11.2 Å². The van der Waals surface area contributed by atoms with E-state index in [0.717, 1.165) is 40.7 Å². The molecular weight excluding hydrogens is 522 g/mol. The highest BCUT2D eigenvalue weighted by molar-refractivity contribution is 7.10. The lowest BCUT2D eigenvalue weighted by molar-refractivity contribution is -0.137. The van der Waals surface area contributed by atoms with E-state index in [4.69, 9.17) is 26.7 Å². The first-order valence-electron chi connectivity index (χ1n) is 12.6. The van der Waals surface area contributed by atoms with Crippen molar-refractivity contribution < 1.29 is 14.7 Å². The average molecular weight is 550 g/mol. The van der Waals surface area contributed by atoms with Crippen molar-refractivity contribution in [1.29, 1.82) is 0 Å². The number of carboxylic acid groups (broad SMARTS) is 1. The molecule has 38 heavy (non-hydrogen) atoms. The standard InChI is InChI=1S/C28H28ClN5O3S/c1-18-16-25(38-32-18)33-12-14-34(15-13-33)28(37)20-8-11-22-24(17-20)30-23(4-2-3-5-26(35)36)27(31-22)19-6-9-21(29)10-7-19/h6-11,16-17H,2-5,12-15H2,1H3,(H,35,36). The lowest BCUT2D eigenvalue weighted by atomic mass is 10.0. The fraction of sp³-hybridized carbons (Fsp3) is 0.321. The molecule has 1 aliphatic rings. The molecule has 0 unspecified atom stereocenters. The quantitative estimate of drug-likeness (QED) is 0.291. The smallest absolute Gasteiger partial charge is 0.303 e. The van der Waals surface area contributed by atoms with Gasteiger partial charge in [0.25, 0.3) is 5.91 Å². The SMILES string of the molecule is Cc1cc(N2CCN(C(=O)c3ccc4nc(-c5ccc(Cl)cc5)c(CCCCC(=O)O)nc4c3)CC2)sn1. The molecule has 1 fully saturated rings. The van der Waals surface area contributed by atoms with Crippen LogP contribution < -0.4 is 4.90 Å². The number of unbranched alkanes of at least 4 members (excludes halogenated alkanes) is 1. The summed E-state index contributed by atoms with van der Waals surface area (Å²) < 4.78 is 4.36. The molecule has 5 rings (SSSR count). The number of hydrogen-bond donors (Lipinski definition) is 1. The van der Waals surface area contributed by atoms with Crippen LogP contribution in [0.15, 0.2) is 48.5 Å². The molecule has 4 aromatic rings. The van der Waals surface area contributed by atoms with Gasteiger partial charge in [-0.05, 0) is 74.1 Å². The van der Waals surface area contributed by atoms with Crippen molar-refractivity contribution in [2.45, 2.75) is 32.6 Å². The van der Waals surface area contributed by atoms with Gasteiger partial charge in [0.1, 0.15) is 5.00 Å². The Kier molecular flexibility index (Phi) is 7.85. The van der Waals surface area contributed by atoms with Gasteiger partial charge in [-0.25, -0.2) is 9.97 Å². The molecule has 0 bridgehead atoms. The van der Waals surface area contributed by atoms with E-state index in [1.807, 2.05) is 54.3 Å². The Bertz CT molecular complexity index is 1470. The summed E-state index contributed by atoms with van der Waals surface area (Å²) in [7, 11) is 0. The molecule has 0 spiro atoms. The van der Waals surface area contributed by atoms with E-state index >= 15 is 0 Å². The van der Waals surface area contributed by atoms with E-state index in [2.05, 4.69) is 15.3 Å². The van der Waals surface area contributed by atoms with Gasteiger partial charge in [0, 0.05) is 48.7 Å². The van der Waals surface area contributed by atoms with E-state index in [0.29, 0.717) is 54.0 Å². The minimum atomic E-state index is -0.807. The molecule has 3 heterocycles. The van der Waals surface area contributed by atoms with Gasteiger partial charge in [-0.2, -0.15) is 4.37 Å². The lowest BCUT2D eigenvalue weighted by Crippen LogP contribution is -2.48. The molecule has 0 radical (unpaired) electrons. The van der Waals surface area contributed by atoms with Crippen molar-refractivity contribution in [1.82, 2.24) is 19.2 Å². The summed E-state index contributed by atoms with van der Waals surface area (Å²) in [5.41, 5.74) is 5.38. The second-order valence-electron chi connectivity index (χ2n) is 9.42.